The lowest BCUT2D eigenvalue weighted by atomic mass is 10.1. The minimum absolute atomic E-state index is 0.105. The zero-order valence-corrected chi connectivity index (χ0v) is 18.2. The molecule has 0 bridgehead atoms. The summed E-state index contributed by atoms with van der Waals surface area (Å²) >= 11 is 1.98. The number of likely N-dealkylation sites (tertiary alicyclic amines) is 1. The zero-order chi connectivity index (χ0) is 19.8. The average molecular weight is 405 g/mol. The van der Waals surface area contributed by atoms with Crippen molar-refractivity contribution >= 4 is 17.7 Å². The molecule has 2 fully saturated rings. The van der Waals surface area contributed by atoms with Gasteiger partial charge in [-0.3, -0.25) is 4.90 Å². The molecule has 3 N–H and O–H groups in total. The van der Waals surface area contributed by atoms with E-state index < -0.39 is 0 Å². The number of aliphatic hydroxyl groups excluding tert-OH is 1. The maximum Gasteiger partial charge on any atom is 0.191 e. The van der Waals surface area contributed by atoms with Crippen molar-refractivity contribution in [2.75, 3.05) is 25.9 Å². The van der Waals surface area contributed by atoms with Crippen LogP contribution in [0.2, 0.25) is 0 Å². The first-order valence-electron chi connectivity index (χ1n) is 10.7. The number of hydrogen-bond donors (Lipinski definition) is 3. The molecule has 1 aromatic carbocycles. The smallest absolute Gasteiger partial charge is 0.191 e. The van der Waals surface area contributed by atoms with Crippen molar-refractivity contribution in [3.8, 4) is 0 Å². The molecule has 0 aromatic heterocycles. The van der Waals surface area contributed by atoms with Crippen molar-refractivity contribution in [2.45, 2.75) is 69.5 Å². The Balaban J connectivity index is 1.49. The molecule has 2 aliphatic rings. The molecule has 2 unspecified atom stereocenters. The second kappa shape index (κ2) is 11.1. The van der Waals surface area contributed by atoms with Gasteiger partial charge in [0.25, 0.3) is 0 Å². The summed E-state index contributed by atoms with van der Waals surface area (Å²) in [5, 5.41) is 17.4. The van der Waals surface area contributed by atoms with E-state index in [-0.39, 0.29) is 6.10 Å². The number of piperidine rings is 1. The van der Waals surface area contributed by atoms with Gasteiger partial charge in [-0.15, -0.1) is 0 Å². The molecule has 6 heteroatoms. The lowest BCUT2D eigenvalue weighted by Crippen LogP contribution is -2.42. The minimum Gasteiger partial charge on any atom is -0.393 e. The van der Waals surface area contributed by atoms with Gasteiger partial charge < -0.3 is 15.7 Å². The van der Waals surface area contributed by atoms with E-state index >= 15 is 0 Å². The molecule has 5 nitrogen and oxygen atoms in total. The number of nitrogens with one attached hydrogen (secondary N) is 2. The van der Waals surface area contributed by atoms with Crippen LogP contribution in [-0.4, -0.2) is 59.3 Å². The van der Waals surface area contributed by atoms with Gasteiger partial charge in [0.15, 0.2) is 5.96 Å². The number of aliphatic imine (C=N–C) groups is 1. The summed E-state index contributed by atoms with van der Waals surface area (Å²) in [4.78, 5) is 7.23. The van der Waals surface area contributed by atoms with E-state index in [1.165, 1.54) is 30.4 Å². The molecule has 1 heterocycles. The van der Waals surface area contributed by atoms with Crippen molar-refractivity contribution < 1.29 is 5.11 Å². The van der Waals surface area contributed by atoms with Crippen LogP contribution < -0.4 is 10.6 Å². The number of hydrogen-bond acceptors (Lipinski definition) is 4. The summed E-state index contributed by atoms with van der Waals surface area (Å²) in [6, 6.07) is 9.37. The molecule has 1 aromatic rings. The molecule has 1 saturated carbocycles. The Morgan fingerprint density at radius 1 is 1.14 bits per heavy atom. The molecule has 0 radical (unpaired) electrons. The van der Waals surface area contributed by atoms with Crippen molar-refractivity contribution in [3.05, 3.63) is 35.4 Å². The SMILES string of the molecule is CCNC(=NCc1ccc(CN2CCC(O)CC2)cc1)NC1CCC(SC)C1. The number of thioether (sulfide) groups is 1. The van der Waals surface area contributed by atoms with Crippen LogP contribution in [0, 0.1) is 0 Å². The van der Waals surface area contributed by atoms with Crippen LogP contribution in [0.5, 0.6) is 0 Å². The van der Waals surface area contributed by atoms with Crippen LogP contribution >= 0.6 is 11.8 Å². The number of rotatable bonds is 7. The lowest BCUT2D eigenvalue weighted by molar-refractivity contribution is 0.0792. The van der Waals surface area contributed by atoms with Gasteiger partial charge in [-0.2, -0.15) is 11.8 Å². The third kappa shape index (κ3) is 6.68. The Labute approximate surface area is 174 Å². The summed E-state index contributed by atoms with van der Waals surface area (Å²) in [7, 11) is 0. The van der Waals surface area contributed by atoms with Crippen LogP contribution in [0.25, 0.3) is 0 Å². The maximum atomic E-state index is 9.64. The summed E-state index contributed by atoms with van der Waals surface area (Å²) in [5.41, 5.74) is 2.58. The van der Waals surface area contributed by atoms with Gasteiger partial charge in [0.2, 0.25) is 0 Å². The molecule has 0 spiro atoms. The molecule has 1 saturated heterocycles. The highest BCUT2D eigenvalue weighted by atomic mass is 32.2. The van der Waals surface area contributed by atoms with Crippen molar-refractivity contribution in [1.82, 2.24) is 15.5 Å². The second-order valence-electron chi connectivity index (χ2n) is 8.03. The van der Waals surface area contributed by atoms with Crippen molar-refractivity contribution in [3.63, 3.8) is 0 Å². The van der Waals surface area contributed by atoms with Gasteiger partial charge in [-0.25, -0.2) is 4.99 Å². The van der Waals surface area contributed by atoms with Gasteiger partial charge in [0.05, 0.1) is 12.6 Å². The van der Waals surface area contributed by atoms with Crippen LogP contribution in [0.4, 0.5) is 0 Å². The maximum absolute atomic E-state index is 9.64. The first kappa shape index (κ1) is 21.5. The van der Waals surface area contributed by atoms with Crippen LogP contribution in [-0.2, 0) is 13.1 Å². The lowest BCUT2D eigenvalue weighted by Gasteiger charge is -2.29. The van der Waals surface area contributed by atoms with Gasteiger partial charge in [-0.05, 0) is 56.4 Å². The molecule has 28 heavy (non-hydrogen) atoms. The fraction of sp³-hybridized carbons (Fsp3) is 0.682. The summed E-state index contributed by atoms with van der Waals surface area (Å²) < 4.78 is 0. The summed E-state index contributed by atoms with van der Waals surface area (Å²) in [6.07, 6.45) is 7.66. The van der Waals surface area contributed by atoms with E-state index in [9.17, 15) is 5.11 Å². The molecule has 156 valence electrons. The first-order chi connectivity index (χ1) is 13.7. The minimum atomic E-state index is -0.105. The summed E-state index contributed by atoms with van der Waals surface area (Å²) in [6.45, 7) is 6.65. The highest BCUT2D eigenvalue weighted by molar-refractivity contribution is 7.99. The highest BCUT2D eigenvalue weighted by Gasteiger charge is 2.24. The fourth-order valence-corrected chi connectivity index (χ4v) is 4.85. The van der Waals surface area contributed by atoms with Crippen molar-refractivity contribution in [1.29, 1.82) is 0 Å². The highest BCUT2D eigenvalue weighted by Crippen LogP contribution is 2.28. The molecular weight excluding hydrogens is 368 g/mol. The Morgan fingerprint density at radius 2 is 1.86 bits per heavy atom. The Kier molecular flexibility index (Phi) is 8.49. The molecule has 2 atom stereocenters. The average Bonchev–Trinajstić information content (AvgIpc) is 3.17. The molecule has 1 aliphatic heterocycles. The summed E-state index contributed by atoms with van der Waals surface area (Å²) in [5.74, 6) is 0.935. The number of aliphatic hydroxyl groups is 1. The van der Waals surface area contributed by atoms with E-state index in [1.807, 2.05) is 11.8 Å². The molecule has 3 rings (SSSR count). The van der Waals surface area contributed by atoms with E-state index in [0.717, 1.165) is 50.2 Å². The number of nitrogens with zero attached hydrogens (tertiary/aromatic N) is 2. The predicted octanol–water partition coefficient (Wildman–Crippen LogP) is 2.98. The topological polar surface area (TPSA) is 59.9 Å². The third-order valence-electron chi connectivity index (χ3n) is 5.81. The van der Waals surface area contributed by atoms with Gasteiger partial charge >= 0.3 is 0 Å². The van der Waals surface area contributed by atoms with Gasteiger partial charge in [0, 0.05) is 37.5 Å². The Hall–Kier alpha value is -1.24. The first-order valence-corrected chi connectivity index (χ1v) is 12.0. The van der Waals surface area contributed by atoms with E-state index in [0.29, 0.717) is 12.6 Å². The third-order valence-corrected chi connectivity index (χ3v) is 6.90. The van der Waals surface area contributed by atoms with Crippen molar-refractivity contribution in [2.24, 2.45) is 4.99 Å². The second-order valence-corrected chi connectivity index (χ2v) is 9.17. The van der Waals surface area contributed by atoms with Crippen LogP contribution in [0.1, 0.15) is 50.2 Å². The van der Waals surface area contributed by atoms with E-state index in [2.05, 4.69) is 53.0 Å². The Bertz CT molecular complexity index is 613. The van der Waals surface area contributed by atoms with E-state index in [1.54, 1.807) is 0 Å². The standard InChI is InChI=1S/C22H36N4OS/c1-3-23-22(25-19-8-9-21(14-19)28-2)24-15-17-4-6-18(7-5-17)16-26-12-10-20(27)11-13-26/h4-7,19-21,27H,3,8-16H2,1-2H3,(H2,23,24,25). The number of guanidine groups is 1. The van der Waals surface area contributed by atoms with Crippen LogP contribution in [0.15, 0.2) is 29.3 Å². The molecular formula is C22H36N4OS. The number of benzene rings is 1. The van der Waals surface area contributed by atoms with Gasteiger partial charge in [-0.1, -0.05) is 24.3 Å². The monoisotopic (exact) mass is 404 g/mol. The normalized spacial score (nSPS) is 24.5. The Morgan fingerprint density at radius 3 is 2.50 bits per heavy atom. The zero-order valence-electron chi connectivity index (χ0n) is 17.4. The van der Waals surface area contributed by atoms with E-state index in [4.69, 9.17) is 4.99 Å². The molecule has 1 aliphatic carbocycles. The van der Waals surface area contributed by atoms with Crippen LogP contribution in [0.3, 0.4) is 0 Å². The van der Waals surface area contributed by atoms with Gasteiger partial charge in [0.1, 0.15) is 0 Å². The molecule has 0 amide bonds. The fourth-order valence-electron chi connectivity index (χ4n) is 4.05. The largest absolute Gasteiger partial charge is 0.393 e. The quantitative estimate of drug-likeness (QED) is 0.482. The predicted molar refractivity (Wildman–Crippen MR) is 120 cm³/mol.